The first-order valence-electron chi connectivity index (χ1n) is 9.02. The Balaban J connectivity index is 1.45. The van der Waals surface area contributed by atoms with Gasteiger partial charge in [-0.2, -0.15) is 0 Å². The lowest BCUT2D eigenvalue weighted by Crippen LogP contribution is -2.50. The summed E-state index contributed by atoms with van der Waals surface area (Å²) < 4.78 is 19.0. The van der Waals surface area contributed by atoms with Crippen molar-refractivity contribution in [1.29, 1.82) is 0 Å². The van der Waals surface area contributed by atoms with Gasteiger partial charge in [0.05, 0.1) is 12.1 Å². The van der Waals surface area contributed by atoms with Crippen LogP contribution in [-0.2, 0) is 20.7 Å². The second kappa shape index (κ2) is 8.66. The number of piperazine rings is 1. The number of esters is 1. The average molecular weight is 370 g/mol. The number of para-hydroxylation sites is 1. The minimum atomic E-state index is -0.414. The van der Waals surface area contributed by atoms with E-state index < -0.39 is 5.97 Å². The van der Waals surface area contributed by atoms with E-state index in [2.05, 4.69) is 0 Å². The molecule has 0 saturated carbocycles. The molecule has 0 aromatic heterocycles. The maximum absolute atomic E-state index is 13.9. The van der Waals surface area contributed by atoms with Gasteiger partial charge in [-0.15, -0.1) is 0 Å². The highest BCUT2D eigenvalue weighted by molar-refractivity contribution is 5.81. The molecular weight excluding hydrogens is 347 g/mol. The van der Waals surface area contributed by atoms with E-state index in [9.17, 15) is 14.0 Å². The molecule has 0 bridgehead atoms. The number of rotatable bonds is 5. The zero-order valence-corrected chi connectivity index (χ0v) is 15.4. The van der Waals surface area contributed by atoms with E-state index in [1.165, 1.54) is 6.07 Å². The van der Waals surface area contributed by atoms with E-state index in [1.54, 1.807) is 23.1 Å². The van der Waals surface area contributed by atoms with Crippen LogP contribution >= 0.6 is 0 Å². The predicted octanol–water partition coefficient (Wildman–Crippen LogP) is 2.57. The Kier molecular flexibility index (Phi) is 6.06. The van der Waals surface area contributed by atoms with Crippen LogP contribution < -0.4 is 4.90 Å². The van der Waals surface area contributed by atoms with Gasteiger partial charge in [0.15, 0.2) is 6.61 Å². The molecule has 0 N–H and O–H groups in total. The van der Waals surface area contributed by atoms with Crippen molar-refractivity contribution in [3.63, 3.8) is 0 Å². The fourth-order valence-corrected chi connectivity index (χ4v) is 3.15. The zero-order valence-electron chi connectivity index (χ0n) is 15.4. The van der Waals surface area contributed by atoms with Crippen molar-refractivity contribution in [3.8, 4) is 0 Å². The highest BCUT2D eigenvalue weighted by atomic mass is 19.1. The molecule has 1 saturated heterocycles. The largest absolute Gasteiger partial charge is 0.455 e. The SMILES string of the molecule is Cc1ccccc1CC(=O)OCC(=O)N1CCN(c2ccccc2F)CC1. The Labute approximate surface area is 158 Å². The van der Waals surface area contributed by atoms with Gasteiger partial charge in [0.25, 0.3) is 5.91 Å². The van der Waals surface area contributed by atoms with Crippen LogP contribution in [-0.4, -0.2) is 49.6 Å². The molecule has 27 heavy (non-hydrogen) atoms. The summed E-state index contributed by atoms with van der Waals surface area (Å²) in [5.74, 6) is -0.897. The Morgan fingerprint density at radius 2 is 1.67 bits per heavy atom. The molecule has 1 aliphatic rings. The lowest BCUT2D eigenvalue weighted by Gasteiger charge is -2.36. The molecule has 5 nitrogen and oxygen atoms in total. The first kappa shape index (κ1) is 18.9. The Hall–Kier alpha value is -2.89. The summed E-state index contributed by atoms with van der Waals surface area (Å²) in [6.07, 6.45) is 0.154. The molecule has 0 unspecified atom stereocenters. The predicted molar refractivity (Wildman–Crippen MR) is 101 cm³/mol. The van der Waals surface area contributed by atoms with E-state index >= 15 is 0 Å². The van der Waals surface area contributed by atoms with E-state index in [4.69, 9.17) is 4.74 Å². The molecule has 1 fully saturated rings. The number of halogens is 1. The van der Waals surface area contributed by atoms with Crippen LogP contribution in [0.1, 0.15) is 11.1 Å². The number of anilines is 1. The van der Waals surface area contributed by atoms with E-state index in [1.807, 2.05) is 36.1 Å². The van der Waals surface area contributed by atoms with Gasteiger partial charge in [-0.1, -0.05) is 36.4 Å². The number of ether oxygens (including phenoxy) is 1. The second-order valence-corrected chi connectivity index (χ2v) is 6.58. The molecule has 2 aromatic carbocycles. The van der Waals surface area contributed by atoms with Crippen molar-refractivity contribution in [2.75, 3.05) is 37.7 Å². The fraction of sp³-hybridized carbons (Fsp3) is 0.333. The molecule has 3 rings (SSSR count). The maximum atomic E-state index is 13.9. The molecule has 142 valence electrons. The van der Waals surface area contributed by atoms with Gasteiger partial charge >= 0.3 is 5.97 Å². The molecule has 1 aliphatic heterocycles. The van der Waals surface area contributed by atoms with Crippen molar-refractivity contribution < 1.29 is 18.7 Å². The van der Waals surface area contributed by atoms with Gasteiger partial charge in [-0.25, -0.2) is 4.39 Å². The van der Waals surface area contributed by atoms with Crippen LogP contribution in [0.15, 0.2) is 48.5 Å². The quantitative estimate of drug-likeness (QED) is 0.759. The number of nitrogens with zero attached hydrogens (tertiary/aromatic N) is 2. The summed E-state index contributed by atoms with van der Waals surface area (Å²) in [4.78, 5) is 27.8. The molecule has 1 heterocycles. The van der Waals surface area contributed by atoms with E-state index in [-0.39, 0.29) is 24.8 Å². The topological polar surface area (TPSA) is 49.9 Å². The van der Waals surface area contributed by atoms with Crippen LogP contribution in [0.25, 0.3) is 0 Å². The maximum Gasteiger partial charge on any atom is 0.310 e. The zero-order chi connectivity index (χ0) is 19.2. The third kappa shape index (κ3) is 4.84. The Morgan fingerprint density at radius 3 is 2.37 bits per heavy atom. The monoisotopic (exact) mass is 370 g/mol. The average Bonchev–Trinajstić information content (AvgIpc) is 2.68. The standard InChI is InChI=1S/C21H23FN2O3/c1-16-6-2-3-7-17(16)14-21(26)27-15-20(25)24-12-10-23(11-13-24)19-9-5-4-8-18(19)22/h2-9H,10-15H2,1H3. The summed E-state index contributed by atoms with van der Waals surface area (Å²) in [6.45, 7) is 3.71. The van der Waals surface area contributed by atoms with Crippen LogP contribution in [0.2, 0.25) is 0 Å². The van der Waals surface area contributed by atoms with Crippen molar-refractivity contribution in [2.45, 2.75) is 13.3 Å². The number of carbonyl (C=O) groups excluding carboxylic acids is 2. The number of carbonyl (C=O) groups is 2. The minimum Gasteiger partial charge on any atom is -0.455 e. The van der Waals surface area contributed by atoms with Gasteiger partial charge in [0.1, 0.15) is 5.82 Å². The molecule has 0 radical (unpaired) electrons. The minimum absolute atomic E-state index is 0.154. The van der Waals surface area contributed by atoms with E-state index in [0.29, 0.717) is 31.9 Å². The number of amides is 1. The number of aryl methyl sites for hydroxylation is 1. The van der Waals surface area contributed by atoms with Gasteiger partial charge in [-0.05, 0) is 30.2 Å². The molecule has 1 amide bonds. The summed E-state index contributed by atoms with van der Waals surface area (Å²) >= 11 is 0. The third-order valence-corrected chi connectivity index (χ3v) is 4.78. The molecule has 0 atom stereocenters. The van der Waals surface area contributed by atoms with Gasteiger partial charge in [0.2, 0.25) is 0 Å². The molecule has 0 aliphatic carbocycles. The Morgan fingerprint density at radius 1 is 1.00 bits per heavy atom. The molecule has 6 heteroatoms. The van der Waals surface area contributed by atoms with Crippen LogP contribution in [0.5, 0.6) is 0 Å². The van der Waals surface area contributed by atoms with Gasteiger partial charge < -0.3 is 14.5 Å². The highest BCUT2D eigenvalue weighted by Crippen LogP contribution is 2.20. The first-order chi connectivity index (χ1) is 13.0. The van der Waals surface area contributed by atoms with Crippen LogP contribution in [0, 0.1) is 12.7 Å². The molecule has 0 spiro atoms. The summed E-state index contributed by atoms with van der Waals surface area (Å²) in [6, 6.07) is 14.2. The lowest BCUT2D eigenvalue weighted by molar-refractivity contribution is -0.151. The number of hydrogen-bond acceptors (Lipinski definition) is 4. The third-order valence-electron chi connectivity index (χ3n) is 4.78. The number of benzene rings is 2. The summed E-state index contributed by atoms with van der Waals surface area (Å²) in [7, 11) is 0. The number of hydrogen-bond donors (Lipinski definition) is 0. The fourth-order valence-electron chi connectivity index (χ4n) is 3.15. The second-order valence-electron chi connectivity index (χ2n) is 6.58. The lowest BCUT2D eigenvalue weighted by atomic mass is 10.1. The van der Waals surface area contributed by atoms with Crippen molar-refractivity contribution >= 4 is 17.6 Å². The summed E-state index contributed by atoms with van der Waals surface area (Å²) in [5.41, 5.74) is 2.47. The van der Waals surface area contributed by atoms with E-state index in [0.717, 1.165) is 11.1 Å². The van der Waals surface area contributed by atoms with Crippen LogP contribution in [0.4, 0.5) is 10.1 Å². The van der Waals surface area contributed by atoms with Crippen LogP contribution in [0.3, 0.4) is 0 Å². The Bertz CT molecular complexity index is 817. The van der Waals surface area contributed by atoms with Gasteiger partial charge in [-0.3, -0.25) is 9.59 Å². The van der Waals surface area contributed by atoms with Crippen molar-refractivity contribution in [2.24, 2.45) is 0 Å². The van der Waals surface area contributed by atoms with Crippen molar-refractivity contribution in [1.82, 2.24) is 4.90 Å². The first-order valence-corrected chi connectivity index (χ1v) is 9.02. The van der Waals surface area contributed by atoms with Gasteiger partial charge in [0, 0.05) is 26.2 Å². The molecular formula is C21H23FN2O3. The normalized spacial score (nSPS) is 14.1. The highest BCUT2D eigenvalue weighted by Gasteiger charge is 2.23. The molecule has 2 aromatic rings. The summed E-state index contributed by atoms with van der Waals surface area (Å²) in [5, 5.41) is 0. The van der Waals surface area contributed by atoms with Crippen molar-refractivity contribution in [3.05, 3.63) is 65.5 Å². The smallest absolute Gasteiger partial charge is 0.310 e.